The molecule has 0 aromatic carbocycles. The molecular weight excluding hydrogens is 228 g/mol. The van der Waals surface area contributed by atoms with Crippen molar-refractivity contribution in [3.8, 4) is 0 Å². The molecule has 3 rings (SSSR count). The van der Waals surface area contributed by atoms with Crippen molar-refractivity contribution in [2.24, 2.45) is 0 Å². The summed E-state index contributed by atoms with van der Waals surface area (Å²) in [6, 6.07) is 2.44. The molecule has 3 heterocycles. The molecule has 18 heavy (non-hydrogen) atoms. The Kier molecular flexibility index (Phi) is 2.90. The SMILES string of the molecule is Cc1cc(C(=O)N2CCC2)c(C)n1C1CCOC1. The first-order valence-electron chi connectivity index (χ1n) is 6.74. The first-order valence-corrected chi connectivity index (χ1v) is 6.74. The summed E-state index contributed by atoms with van der Waals surface area (Å²) < 4.78 is 7.73. The average molecular weight is 248 g/mol. The summed E-state index contributed by atoms with van der Waals surface area (Å²) in [6.07, 6.45) is 2.19. The fourth-order valence-electron chi connectivity index (χ4n) is 2.97. The average Bonchev–Trinajstić information content (AvgIpc) is 2.84. The number of ether oxygens (including phenoxy) is 1. The molecule has 2 aliphatic rings. The molecule has 0 saturated carbocycles. The summed E-state index contributed by atoms with van der Waals surface area (Å²) in [6.45, 7) is 7.56. The van der Waals surface area contributed by atoms with Crippen molar-refractivity contribution in [1.29, 1.82) is 0 Å². The van der Waals surface area contributed by atoms with E-state index in [2.05, 4.69) is 18.4 Å². The van der Waals surface area contributed by atoms with Gasteiger partial charge in [-0.25, -0.2) is 0 Å². The Labute approximate surface area is 108 Å². The molecule has 1 aromatic rings. The molecule has 0 bridgehead atoms. The van der Waals surface area contributed by atoms with E-state index in [-0.39, 0.29) is 5.91 Å². The molecule has 0 radical (unpaired) electrons. The lowest BCUT2D eigenvalue weighted by Gasteiger charge is -2.31. The minimum atomic E-state index is 0.194. The predicted molar refractivity (Wildman–Crippen MR) is 68.9 cm³/mol. The van der Waals surface area contributed by atoms with Gasteiger partial charge >= 0.3 is 0 Å². The first-order chi connectivity index (χ1) is 8.68. The van der Waals surface area contributed by atoms with Crippen LogP contribution in [-0.4, -0.2) is 41.7 Å². The number of hydrogen-bond donors (Lipinski definition) is 0. The van der Waals surface area contributed by atoms with E-state index in [1.165, 1.54) is 5.69 Å². The van der Waals surface area contributed by atoms with Gasteiger partial charge in [0.15, 0.2) is 0 Å². The first kappa shape index (κ1) is 11.8. The molecule has 2 saturated heterocycles. The number of likely N-dealkylation sites (tertiary alicyclic amines) is 1. The Morgan fingerprint density at radius 3 is 2.72 bits per heavy atom. The van der Waals surface area contributed by atoms with Gasteiger partial charge in [0.1, 0.15) is 0 Å². The molecular formula is C14H20N2O2. The molecule has 2 aliphatic heterocycles. The summed E-state index contributed by atoms with van der Waals surface area (Å²) >= 11 is 0. The van der Waals surface area contributed by atoms with Gasteiger partial charge in [-0.3, -0.25) is 4.79 Å². The van der Waals surface area contributed by atoms with Crippen LogP contribution in [0.2, 0.25) is 0 Å². The number of rotatable bonds is 2. The molecule has 0 N–H and O–H groups in total. The number of nitrogens with zero attached hydrogens (tertiary/aromatic N) is 2. The summed E-state index contributed by atoms with van der Waals surface area (Å²) in [4.78, 5) is 14.2. The van der Waals surface area contributed by atoms with Crippen LogP contribution in [0.5, 0.6) is 0 Å². The van der Waals surface area contributed by atoms with Crippen molar-refractivity contribution in [3.05, 3.63) is 23.0 Å². The van der Waals surface area contributed by atoms with Crippen molar-refractivity contribution >= 4 is 5.91 Å². The Morgan fingerprint density at radius 1 is 1.39 bits per heavy atom. The highest BCUT2D eigenvalue weighted by Crippen LogP contribution is 2.27. The van der Waals surface area contributed by atoms with Gasteiger partial charge in [0.2, 0.25) is 0 Å². The largest absolute Gasteiger partial charge is 0.379 e. The zero-order chi connectivity index (χ0) is 12.7. The van der Waals surface area contributed by atoms with E-state index < -0.39 is 0 Å². The number of aromatic nitrogens is 1. The van der Waals surface area contributed by atoms with Gasteiger partial charge in [-0.15, -0.1) is 0 Å². The maximum Gasteiger partial charge on any atom is 0.255 e. The molecule has 4 nitrogen and oxygen atoms in total. The molecule has 1 unspecified atom stereocenters. The normalized spacial score (nSPS) is 23.2. The highest BCUT2D eigenvalue weighted by molar-refractivity contribution is 5.96. The van der Waals surface area contributed by atoms with E-state index in [1.54, 1.807) is 0 Å². The second kappa shape index (κ2) is 4.43. The molecule has 98 valence electrons. The van der Waals surface area contributed by atoms with Gasteiger partial charge in [0.25, 0.3) is 5.91 Å². The molecule has 1 atom stereocenters. The predicted octanol–water partition coefficient (Wildman–Crippen LogP) is 1.91. The standard InChI is InChI=1S/C14H20N2O2/c1-10-8-13(14(17)15-5-3-6-15)11(2)16(10)12-4-7-18-9-12/h8,12H,3-7,9H2,1-2H3. The third-order valence-corrected chi connectivity index (χ3v) is 4.13. The van der Waals surface area contributed by atoms with Crippen LogP contribution >= 0.6 is 0 Å². The summed E-state index contributed by atoms with van der Waals surface area (Å²) in [5.41, 5.74) is 3.14. The highest BCUT2D eigenvalue weighted by Gasteiger charge is 2.28. The topological polar surface area (TPSA) is 34.5 Å². The number of hydrogen-bond acceptors (Lipinski definition) is 2. The van der Waals surface area contributed by atoms with E-state index in [4.69, 9.17) is 4.74 Å². The maximum atomic E-state index is 12.3. The highest BCUT2D eigenvalue weighted by atomic mass is 16.5. The zero-order valence-corrected chi connectivity index (χ0v) is 11.1. The van der Waals surface area contributed by atoms with E-state index in [0.717, 1.165) is 50.4 Å². The van der Waals surface area contributed by atoms with Crippen molar-refractivity contribution in [2.45, 2.75) is 32.7 Å². The third kappa shape index (κ3) is 1.75. The van der Waals surface area contributed by atoms with Crippen LogP contribution in [0.15, 0.2) is 6.07 Å². The molecule has 0 aliphatic carbocycles. The summed E-state index contributed by atoms with van der Waals surface area (Å²) in [5, 5.41) is 0. The molecule has 1 amide bonds. The second-order valence-electron chi connectivity index (χ2n) is 5.32. The van der Waals surface area contributed by atoms with Crippen LogP contribution < -0.4 is 0 Å². The number of amides is 1. The molecule has 4 heteroatoms. The van der Waals surface area contributed by atoms with E-state index in [0.29, 0.717) is 6.04 Å². The van der Waals surface area contributed by atoms with Gasteiger partial charge in [-0.2, -0.15) is 0 Å². The van der Waals surface area contributed by atoms with Crippen LogP contribution in [0.1, 0.15) is 40.6 Å². The molecule has 1 aromatic heterocycles. The van der Waals surface area contributed by atoms with Crippen LogP contribution in [0.25, 0.3) is 0 Å². The maximum absolute atomic E-state index is 12.3. The number of aryl methyl sites for hydroxylation is 1. The number of carbonyl (C=O) groups excluding carboxylic acids is 1. The van der Waals surface area contributed by atoms with Gasteiger partial charge < -0.3 is 14.2 Å². The van der Waals surface area contributed by atoms with E-state index in [1.807, 2.05) is 11.0 Å². The van der Waals surface area contributed by atoms with Gasteiger partial charge in [0, 0.05) is 31.1 Å². The Balaban J connectivity index is 1.91. The van der Waals surface area contributed by atoms with E-state index >= 15 is 0 Å². The van der Waals surface area contributed by atoms with Crippen LogP contribution in [-0.2, 0) is 4.74 Å². The minimum Gasteiger partial charge on any atom is -0.379 e. The van der Waals surface area contributed by atoms with Crippen molar-refractivity contribution in [3.63, 3.8) is 0 Å². The second-order valence-corrected chi connectivity index (χ2v) is 5.32. The fourth-order valence-corrected chi connectivity index (χ4v) is 2.97. The molecule has 0 spiro atoms. The summed E-state index contributed by atoms with van der Waals surface area (Å²) in [7, 11) is 0. The van der Waals surface area contributed by atoms with Crippen LogP contribution in [0.4, 0.5) is 0 Å². The van der Waals surface area contributed by atoms with Crippen molar-refractivity contribution in [1.82, 2.24) is 9.47 Å². The Bertz CT molecular complexity index is 468. The smallest absolute Gasteiger partial charge is 0.255 e. The Hall–Kier alpha value is -1.29. The monoisotopic (exact) mass is 248 g/mol. The minimum absolute atomic E-state index is 0.194. The van der Waals surface area contributed by atoms with Crippen molar-refractivity contribution in [2.75, 3.05) is 26.3 Å². The lowest BCUT2D eigenvalue weighted by atomic mass is 10.1. The lowest BCUT2D eigenvalue weighted by molar-refractivity contribution is 0.0651. The Morgan fingerprint density at radius 2 is 2.17 bits per heavy atom. The van der Waals surface area contributed by atoms with E-state index in [9.17, 15) is 4.79 Å². The van der Waals surface area contributed by atoms with Gasteiger partial charge in [-0.1, -0.05) is 0 Å². The quantitative estimate of drug-likeness (QED) is 0.801. The lowest BCUT2D eigenvalue weighted by Crippen LogP contribution is -2.42. The van der Waals surface area contributed by atoms with Crippen molar-refractivity contribution < 1.29 is 9.53 Å². The fraction of sp³-hybridized carbons (Fsp3) is 0.643. The summed E-state index contributed by atoms with van der Waals surface area (Å²) in [5.74, 6) is 0.194. The van der Waals surface area contributed by atoms with Crippen LogP contribution in [0.3, 0.4) is 0 Å². The molecule has 2 fully saturated rings. The van der Waals surface area contributed by atoms with Gasteiger partial charge in [-0.05, 0) is 32.8 Å². The zero-order valence-electron chi connectivity index (χ0n) is 11.1. The van der Waals surface area contributed by atoms with Gasteiger partial charge in [0.05, 0.1) is 18.2 Å². The number of carbonyl (C=O) groups is 1. The van der Waals surface area contributed by atoms with Crippen LogP contribution in [0, 0.1) is 13.8 Å². The third-order valence-electron chi connectivity index (χ3n) is 4.13.